The minimum atomic E-state index is -0.254. The van der Waals surface area contributed by atoms with Crippen LogP contribution in [-0.4, -0.2) is 24.4 Å². The van der Waals surface area contributed by atoms with Crippen molar-refractivity contribution in [1.29, 1.82) is 0 Å². The second kappa shape index (κ2) is 4.94. The maximum atomic E-state index is 11.5. The number of alkyl halides is 1. The van der Waals surface area contributed by atoms with E-state index >= 15 is 0 Å². The molecule has 2 nitrogen and oxygen atoms in total. The number of allylic oxidation sites excluding steroid dienone is 1. The van der Waals surface area contributed by atoms with Crippen LogP contribution in [-0.2, 0) is 9.53 Å². The number of methoxy groups -OCH3 is 1. The maximum Gasteiger partial charge on any atom is 0.158 e. The Morgan fingerprint density at radius 3 is 2.93 bits per heavy atom. The molecule has 0 fully saturated rings. The first-order valence-electron chi connectivity index (χ1n) is 4.97. The zero-order chi connectivity index (χ0) is 10.6. The number of hydrogen-bond donors (Lipinski definition) is 0. The normalized spacial score (nSPS) is 27.6. The first-order chi connectivity index (χ1) is 6.61. The Bertz CT molecular complexity index is 248. The van der Waals surface area contributed by atoms with Gasteiger partial charge in [-0.2, -0.15) is 0 Å². The molecule has 0 radical (unpaired) electrons. The summed E-state index contributed by atoms with van der Waals surface area (Å²) in [4.78, 5) is 11.5. The minimum absolute atomic E-state index is 0.254. The van der Waals surface area contributed by atoms with Crippen molar-refractivity contribution >= 4 is 17.4 Å². The molecule has 1 rings (SSSR count). The number of Topliss-reactive ketones (excluding diaryl/α,β-unsaturated/α-hetero) is 1. The van der Waals surface area contributed by atoms with Crippen LogP contribution < -0.4 is 0 Å². The molecular weight excluding hydrogens is 200 g/mol. The van der Waals surface area contributed by atoms with Crippen molar-refractivity contribution < 1.29 is 9.53 Å². The van der Waals surface area contributed by atoms with E-state index in [-0.39, 0.29) is 11.4 Å². The number of halogens is 1. The highest BCUT2D eigenvalue weighted by molar-refractivity contribution is 6.17. The predicted molar refractivity (Wildman–Crippen MR) is 57.7 cm³/mol. The third-order valence-corrected chi connectivity index (χ3v) is 3.00. The van der Waals surface area contributed by atoms with Gasteiger partial charge in [0, 0.05) is 19.4 Å². The second-order valence-corrected chi connectivity index (χ2v) is 4.28. The van der Waals surface area contributed by atoms with E-state index in [2.05, 4.69) is 0 Å². The zero-order valence-electron chi connectivity index (χ0n) is 8.81. The van der Waals surface area contributed by atoms with Gasteiger partial charge in [0.1, 0.15) is 0 Å². The van der Waals surface area contributed by atoms with Gasteiger partial charge in [-0.05, 0) is 37.8 Å². The van der Waals surface area contributed by atoms with E-state index in [1.165, 1.54) is 0 Å². The summed E-state index contributed by atoms with van der Waals surface area (Å²) in [7, 11) is 1.69. The highest BCUT2D eigenvalue weighted by Gasteiger charge is 2.29. The summed E-state index contributed by atoms with van der Waals surface area (Å²) in [6.07, 6.45) is 4.98. The summed E-state index contributed by atoms with van der Waals surface area (Å²) in [6.45, 7) is 2.01. The Balaban J connectivity index is 2.72. The van der Waals surface area contributed by atoms with Gasteiger partial charge in [-0.15, -0.1) is 11.6 Å². The molecule has 0 aliphatic heterocycles. The quantitative estimate of drug-likeness (QED) is 0.676. The first-order valence-corrected chi connectivity index (χ1v) is 5.51. The van der Waals surface area contributed by atoms with Gasteiger partial charge in [0.15, 0.2) is 5.78 Å². The largest absolute Gasteiger partial charge is 0.374 e. The van der Waals surface area contributed by atoms with E-state index in [0.29, 0.717) is 12.3 Å². The fourth-order valence-corrected chi connectivity index (χ4v) is 1.81. The van der Waals surface area contributed by atoms with E-state index in [1.54, 1.807) is 7.11 Å². The van der Waals surface area contributed by atoms with Crippen LogP contribution in [0.2, 0.25) is 0 Å². The van der Waals surface area contributed by atoms with Gasteiger partial charge in [-0.1, -0.05) is 0 Å². The Kier molecular flexibility index (Phi) is 4.14. The van der Waals surface area contributed by atoms with E-state index < -0.39 is 0 Å². The molecule has 1 unspecified atom stereocenters. The summed E-state index contributed by atoms with van der Waals surface area (Å²) in [5, 5.41) is 0. The molecule has 0 heterocycles. The van der Waals surface area contributed by atoms with Crippen molar-refractivity contribution in [2.24, 2.45) is 0 Å². The minimum Gasteiger partial charge on any atom is -0.374 e. The topological polar surface area (TPSA) is 26.3 Å². The Hall–Kier alpha value is -0.340. The van der Waals surface area contributed by atoms with Crippen LogP contribution in [0.5, 0.6) is 0 Å². The number of carbonyl (C=O) groups excluding carboxylic acids is 1. The Morgan fingerprint density at radius 2 is 2.36 bits per heavy atom. The number of rotatable bonds is 4. The molecule has 0 aromatic carbocycles. The number of ether oxygens (including phenoxy) is 1. The lowest BCUT2D eigenvalue weighted by Gasteiger charge is -2.29. The third-order valence-electron chi connectivity index (χ3n) is 2.73. The summed E-state index contributed by atoms with van der Waals surface area (Å²) in [5.74, 6) is 0.860. The van der Waals surface area contributed by atoms with Gasteiger partial charge in [-0.3, -0.25) is 4.79 Å². The van der Waals surface area contributed by atoms with E-state index in [1.807, 2.05) is 13.0 Å². The smallest absolute Gasteiger partial charge is 0.158 e. The SMILES string of the molecule is COC1(C)C=C(CCCCl)C(=O)CC1. The third kappa shape index (κ3) is 2.82. The number of carbonyl (C=O) groups is 1. The van der Waals surface area contributed by atoms with Gasteiger partial charge >= 0.3 is 0 Å². The van der Waals surface area contributed by atoms with Crippen LogP contribution >= 0.6 is 11.6 Å². The summed E-state index contributed by atoms with van der Waals surface area (Å²) >= 11 is 5.60. The molecule has 0 saturated heterocycles. The van der Waals surface area contributed by atoms with Crippen molar-refractivity contribution in [3.8, 4) is 0 Å². The van der Waals surface area contributed by atoms with Crippen molar-refractivity contribution in [3.05, 3.63) is 11.6 Å². The van der Waals surface area contributed by atoms with E-state index in [9.17, 15) is 4.79 Å². The molecule has 1 atom stereocenters. The van der Waals surface area contributed by atoms with Crippen LogP contribution in [0.3, 0.4) is 0 Å². The molecule has 14 heavy (non-hydrogen) atoms. The molecule has 1 aliphatic carbocycles. The van der Waals surface area contributed by atoms with Gasteiger partial charge in [0.25, 0.3) is 0 Å². The lowest BCUT2D eigenvalue weighted by molar-refractivity contribution is -0.118. The fourth-order valence-electron chi connectivity index (χ4n) is 1.67. The average Bonchev–Trinajstić information content (AvgIpc) is 2.20. The van der Waals surface area contributed by atoms with Crippen LogP contribution in [0, 0.1) is 0 Å². The molecule has 80 valence electrons. The lowest BCUT2D eigenvalue weighted by Crippen LogP contribution is -2.30. The van der Waals surface area contributed by atoms with Crippen molar-refractivity contribution in [3.63, 3.8) is 0 Å². The first kappa shape index (κ1) is 11.7. The molecule has 0 aromatic rings. The standard InChI is InChI=1S/C11H17ClO2/c1-11(14-2)6-5-10(13)9(8-11)4-3-7-12/h8H,3-7H2,1-2H3. The van der Waals surface area contributed by atoms with E-state index in [0.717, 1.165) is 24.8 Å². The summed E-state index contributed by atoms with van der Waals surface area (Å²) < 4.78 is 5.38. The molecule has 1 aliphatic rings. The van der Waals surface area contributed by atoms with Gasteiger partial charge in [0.05, 0.1) is 5.60 Å². The van der Waals surface area contributed by atoms with Crippen LogP contribution in [0.25, 0.3) is 0 Å². The Morgan fingerprint density at radius 1 is 1.64 bits per heavy atom. The molecule has 0 amide bonds. The number of ketones is 1. The molecule has 0 saturated carbocycles. The summed E-state index contributed by atoms with van der Waals surface area (Å²) in [5.41, 5.74) is 0.636. The highest BCUT2D eigenvalue weighted by atomic mass is 35.5. The van der Waals surface area contributed by atoms with Gasteiger partial charge in [0.2, 0.25) is 0 Å². The average molecular weight is 217 g/mol. The maximum absolute atomic E-state index is 11.5. The van der Waals surface area contributed by atoms with Gasteiger partial charge < -0.3 is 4.74 Å². The monoisotopic (exact) mass is 216 g/mol. The number of hydrogen-bond acceptors (Lipinski definition) is 2. The van der Waals surface area contributed by atoms with Crippen molar-refractivity contribution in [2.75, 3.05) is 13.0 Å². The lowest BCUT2D eigenvalue weighted by atomic mass is 9.85. The van der Waals surface area contributed by atoms with Crippen LogP contribution in [0.15, 0.2) is 11.6 Å². The van der Waals surface area contributed by atoms with Gasteiger partial charge in [-0.25, -0.2) is 0 Å². The van der Waals surface area contributed by atoms with Crippen molar-refractivity contribution in [1.82, 2.24) is 0 Å². The van der Waals surface area contributed by atoms with Crippen molar-refractivity contribution in [2.45, 2.75) is 38.2 Å². The highest BCUT2D eigenvalue weighted by Crippen LogP contribution is 2.28. The van der Waals surface area contributed by atoms with E-state index in [4.69, 9.17) is 16.3 Å². The molecule has 0 bridgehead atoms. The summed E-state index contributed by atoms with van der Waals surface area (Å²) in [6, 6.07) is 0. The van der Waals surface area contributed by atoms with Crippen LogP contribution in [0.4, 0.5) is 0 Å². The Labute approximate surface area is 90.3 Å². The molecule has 0 spiro atoms. The second-order valence-electron chi connectivity index (χ2n) is 3.90. The van der Waals surface area contributed by atoms with Crippen LogP contribution in [0.1, 0.15) is 32.6 Å². The molecule has 0 N–H and O–H groups in total. The molecule has 0 aromatic heterocycles. The predicted octanol–water partition coefficient (Wildman–Crippen LogP) is 2.70. The molecule has 3 heteroatoms. The molecular formula is C11H17ClO2. The fraction of sp³-hybridized carbons (Fsp3) is 0.727. The zero-order valence-corrected chi connectivity index (χ0v) is 9.56.